The van der Waals surface area contributed by atoms with Crippen LogP contribution in [0.15, 0.2) is 83.3 Å². The molecule has 1 heterocycles. The second-order valence-corrected chi connectivity index (χ2v) is 7.80. The Hall–Kier alpha value is -4.26. The zero-order valence-corrected chi connectivity index (χ0v) is 19.5. The Morgan fingerprint density at radius 1 is 0.914 bits per heavy atom. The Kier molecular flexibility index (Phi) is 8.01. The number of carbonyl (C=O) groups excluding carboxylic acids is 2. The molecule has 7 heteroatoms. The molecule has 35 heavy (non-hydrogen) atoms. The van der Waals surface area contributed by atoms with E-state index in [1.54, 1.807) is 19.1 Å². The third-order valence-corrected chi connectivity index (χ3v) is 5.22. The first kappa shape index (κ1) is 23.9. The van der Waals surface area contributed by atoms with Gasteiger partial charge in [0.25, 0.3) is 0 Å². The number of furan rings is 1. The van der Waals surface area contributed by atoms with Crippen LogP contribution in [0.4, 0.5) is 10.5 Å². The standard InChI is InChI=1S/C28H27NO6/c1-2-32-27(30)13-8-16-33-24-12-7-6-11-23(24)26-17-21-14-15-22(18-25(21)35-26)29-28(31)34-19-20-9-4-3-5-10-20/h3-7,9-12,14-15,17-18H,2,8,13,16,19H2,1H3,(H,29,31). The first-order valence-corrected chi connectivity index (χ1v) is 11.5. The molecule has 0 bridgehead atoms. The summed E-state index contributed by atoms with van der Waals surface area (Å²) in [6.07, 6.45) is 0.328. The topological polar surface area (TPSA) is 87.0 Å². The van der Waals surface area contributed by atoms with Crippen LogP contribution in [0.2, 0.25) is 0 Å². The van der Waals surface area contributed by atoms with Gasteiger partial charge in [0.15, 0.2) is 0 Å². The van der Waals surface area contributed by atoms with Crippen molar-refractivity contribution in [1.29, 1.82) is 0 Å². The normalized spacial score (nSPS) is 10.7. The molecule has 0 aliphatic rings. The Labute approximate surface area is 203 Å². The number of ether oxygens (including phenoxy) is 3. The number of hydrogen-bond donors (Lipinski definition) is 1. The van der Waals surface area contributed by atoms with Crippen LogP contribution in [0.5, 0.6) is 5.75 Å². The maximum atomic E-state index is 12.2. The quantitative estimate of drug-likeness (QED) is 0.207. The zero-order valence-electron chi connectivity index (χ0n) is 19.5. The van der Waals surface area contributed by atoms with E-state index in [0.717, 1.165) is 16.5 Å². The molecule has 0 spiro atoms. The van der Waals surface area contributed by atoms with Gasteiger partial charge >= 0.3 is 12.1 Å². The van der Waals surface area contributed by atoms with Crippen LogP contribution in [0.25, 0.3) is 22.3 Å². The van der Waals surface area contributed by atoms with Crippen molar-refractivity contribution in [1.82, 2.24) is 0 Å². The second kappa shape index (κ2) is 11.7. The molecule has 0 aliphatic carbocycles. The van der Waals surface area contributed by atoms with Crippen LogP contribution in [0, 0.1) is 0 Å². The van der Waals surface area contributed by atoms with Crippen LogP contribution in [0.1, 0.15) is 25.3 Å². The van der Waals surface area contributed by atoms with Crippen LogP contribution in [0.3, 0.4) is 0 Å². The first-order valence-electron chi connectivity index (χ1n) is 11.5. The summed E-state index contributed by atoms with van der Waals surface area (Å²) in [6.45, 7) is 2.74. The van der Waals surface area contributed by atoms with E-state index < -0.39 is 6.09 Å². The lowest BCUT2D eigenvalue weighted by Gasteiger charge is -2.09. The summed E-state index contributed by atoms with van der Waals surface area (Å²) in [4.78, 5) is 23.7. The van der Waals surface area contributed by atoms with E-state index in [-0.39, 0.29) is 12.6 Å². The van der Waals surface area contributed by atoms with Crippen molar-refractivity contribution in [3.63, 3.8) is 0 Å². The number of fused-ring (bicyclic) bond motifs is 1. The minimum absolute atomic E-state index is 0.191. The lowest BCUT2D eigenvalue weighted by Crippen LogP contribution is -2.13. The van der Waals surface area contributed by atoms with Crippen molar-refractivity contribution >= 4 is 28.7 Å². The smallest absolute Gasteiger partial charge is 0.411 e. The highest BCUT2D eigenvalue weighted by Crippen LogP contribution is 2.35. The third kappa shape index (κ3) is 6.63. The maximum absolute atomic E-state index is 12.2. The lowest BCUT2D eigenvalue weighted by molar-refractivity contribution is -0.143. The highest BCUT2D eigenvalue weighted by Gasteiger charge is 2.13. The van der Waals surface area contributed by atoms with Gasteiger partial charge in [0.1, 0.15) is 23.7 Å². The predicted molar refractivity (Wildman–Crippen MR) is 133 cm³/mol. The molecule has 0 aliphatic heterocycles. The maximum Gasteiger partial charge on any atom is 0.411 e. The van der Waals surface area contributed by atoms with E-state index in [0.29, 0.717) is 48.8 Å². The number of esters is 1. The third-order valence-electron chi connectivity index (χ3n) is 5.22. The van der Waals surface area contributed by atoms with E-state index >= 15 is 0 Å². The molecule has 4 rings (SSSR count). The van der Waals surface area contributed by atoms with Crippen molar-refractivity contribution < 1.29 is 28.2 Å². The zero-order chi connectivity index (χ0) is 24.5. The average molecular weight is 474 g/mol. The Morgan fingerprint density at radius 2 is 1.71 bits per heavy atom. The number of hydrogen-bond acceptors (Lipinski definition) is 6. The molecular weight excluding hydrogens is 446 g/mol. The van der Waals surface area contributed by atoms with Crippen molar-refractivity contribution in [3.8, 4) is 17.1 Å². The predicted octanol–water partition coefficient (Wildman–Crippen LogP) is 6.57. The minimum Gasteiger partial charge on any atom is -0.493 e. The van der Waals surface area contributed by atoms with Crippen LogP contribution >= 0.6 is 0 Å². The molecule has 0 unspecified atom stereocenters. The van der Waals surface area contributed by atoms with Crippen LogP contribution < -0.4 is 10.1 Å². The molecule has 3 aromatic carbocycles. The highest BCUT2D eigenvalue weighted by molar-refractivity contribution is 5.91. The van der Waals surface area contributed by atoms with Gasteiger partial charge in [0.05, 0.1) is 18.8 Å². The number of para-hydroxylation sites is 1. The summed E-state index contributed by atoms with van der Waals surface area (Å²) in [7, 11) is 0. The lowest BCUT2D eigenvalue weighted by atomic mass is 10.1. The molecule has 4 aromatic rings. The summed E-state index contributed by atoms with van der Waals surface area (Å²) in [5, 5.41) is 3.62. The van der Waals surface area contributed by atoms with Gasteiger partial charge in [-0.25, -0.2) is 4.79 Å². The van der Waals surface area contributed by atoms with Crippen molar-refractivity contribution in [2.75, 3.05) is 18.5 Å². The van der Waals surface area contributed by atoms with Gasteiger partial charge in [0, 0.05) is 23.6 Å². The minimum atomic E-state index is -0.540. The van der Waals surface area contributed by atoms with E-state index in [4.69, 9.17) is 18.6 Å². The van der Waals surface area contributed by atoms with Gasteiger partial charge < -0.3 is 18.6 Å². The number of rotatable bonds is 10. The van der Waals surface area contributed by atoms with Gasteiger partial charge in [-0.1, -0.05) is 42.5 Å². The van der Waals surface area contributed by atoms with E-state index in [2.05, 4.69) is 5.32 Å². The van der Waals surface area contributed by atoms with Crippen LogP contribution in [-0.2, 0) is 20.9 Å². The monoisotopic (exact) mass is 473 g/mol. The number of amides is 1. The first-order chi connectivity index (χ1) is 17.1. The van der Waals surface area contributed by atoms with Crippen molar-refractivity contribution in [2.45, 2.75) is 26.4 Å². The molecule has 0 fully saturated rings. The van der Waals surface area contributed by atoms with Gasteiger partial charge in [-0.15, -0.1) is 0 Å². The fraction of sp³-hybridized carbons (Fsp3) is 0.214. The summed E-state index contributed by atoms with van der Waals surface area (Å²) in [5.74, 6) is 1.08. The van der Waals surface area contributed by atoms with E-state index in [1.165, 1.54) is 0 Å². The molecule has 0 saturated heterocycles. The Balaban J connectivity index is 1.40. The van der Waals surface area contributed by atoms with Crippen molar-refractivity contribution in [2.24, 2.45) is 0 Å². The number of anilines is 1. The molecule has 0 atom stereocenters. The summed E-state index contributed by atoms with van der Waals surface area (Å²) in [6, 6.07) is 24.4. The average Bonchev–Trinajstić information content (AvgIpc) is 3.30. The largest absolute Gasteiger partial charge is 0.493 e. The summed E-state index contributed by atoms with van der Waals surface area (Å²) >= 11 is 0. The number of carbonyl (C=O) groups is 2. The van der Waals surface area contributed by atoms with Gasteiger partial charge in [-0.2, -0.15) is 0 Å². The highest BCUT2D eigenvalue weighted by atomic mass is 16.5. The van der Waals surface area contributed by atoms with E-state index in [1.807, 2.05) is 66.7 Å². The fourth-order valence-corrected chi connectivity index (χ4v) is 3.55. The molecule has 1 amide bonds. The number of nitrogens with one attached hydrogen (secondary N) is 1. The van der Waals surface area contributed by atoms with Crippen LogP contribution in [-0.4, -0.2) is 25.3 Å². The van der Waals surface area contributed by atoms with Gasteiger partial charge in [-0.05, 0) is 49.2 Å². The van der Waals surface area contributed by atoms with Gasteiger partial charge in [-0.3, -0.25) is 10.1 Å². The molecule has 0 radical (unpaired) electrons. The Bertz CT molecular complexity index is 1280. The summed E-state index contributed by atoms with van der Waals surface area (Å²) < 4.78 is 22.2. The molecule has 180 valence electrons. The molecule has 1 aromatic heterocycles. The molecule has 0 saturated carbocycles. The van der Waals surface area contributed by atoms with Crippen molar-refractivity contribution in [3.05, 3.63) is 84.4 Å². The number of benzene rings is 3. The van der Waals surface area contributed by atoms with E-state index in [9.17, 15) is 9.59 Å². The Morgan fingerprint density at radius 3 is 2.54 bits per heavy atom. The summed E-state index contributed by atoms with van der Waals surface area (Å²) in [5.41, 5.74) is 2.91. The fourth-order valence-electron chi connectivity index (χ4n) is 3.55. The second-order valence-electron chi connectivity index (χ2n) is 7.80. The molecule has 7 nitrogen and oxygen atoms in total. The SMILES string of the molecule is CCOC(=O)CCCOc1ccccc1-c1cc2ccc(NC(=O)OCc3ccccc3)cc2o1. The molecular formula is C28H27NO6. The van der Waals surface area contributed by atoms with Gasteiger partial charge in [0.2, 0.25) is 0 Å². The molecule has 1 N–H and O–H groups in total.